The lowest BCUT2D eigenvalue weighted by atomic mass is 10.1. The quantitative estimate of drug-likeness (QED) is 0.807. The Morgan fingerprint density at radius 3 is 2.37 bits per heavy atom. The number of hydrogen-bond donors (Lipinski definition) is 0. The smallest absolute Gasteiger partial charge is 0.184 e. The van der Waals surface area contributed by atoms with Gasteiger partial charge < -0.3 is 4.74 Å². The molecule has 96 valence electrons. The molecule has 2 nitrogen and oxygen atoms in total. The molecule has 0 heterocycles. The number of para-hydroxylation sites is 1. The van der Waals surface area contributed by atoms with Crippen LogP contribution in [0, 0.1) is 18.3 Å². The fraction of sp³-hybridized carbons (Fsp3) is 0.235. The molecular weight excluding hydrogens is 234 g/mol. The maximum absolute atomic E-state index is 9.13. The molecule has 0 fully saturated rings. The highest BCUT2D eigenvalue weighted by Gasteiger charge is 2.09. The summed E-state index contributed by atoms with van der Waals surface area (Å²) in [6.07, 6.45) is 1.16. The summed E-state index contributed by atoms with van der Waals surface area (Å²) in [7, 11) is 0. The van der Waals surface area contributed by atoms with Gasteiger partial charge in [0.05, 0.1) is 0 Å². The zero-order chi connectivity index (χ0) is 13.5. The summed E-state index contributed by atoms with van der Waals surface area (Å²) in [6.45, 7) is 2.07. The first-order chi connectivity index (χ1) is 9.28. The zero-order valence-corrected chi connectivity index (χ0v) is 11.0. The molecule has 0 spiro atoms. The first-order valence-electron chi connectivity index (χ1n) is 6.45. The number of ether oxygens (including phenoxy) is 1. The molecule has 0 saturated heterocycles. The minimum Gasteiger partial charge on any atom is -0.476 e. The van der Waals surface area contributed by atoms with Gasteiger partial charge in [-0.2, -0.15) is 5.26 Å². The molecule has 19 heavy (non-hydrogen) atoms. The van der Waals surface area contributed by atoms with Crippen molar-refractivity contribution < 1.29 is 4.74 Å². The number of aryl methyl sites for hydroxylation is 2. The molecule has 1 unspecified atom stereocenters. The van der Waals surface area contributed by atoms with Crippen molar-refractivity contribution in [1.29, 1.82) is 5.26 Å². The number of hydrogen-bond acceptors (Lipinski definition) is 2. The molecule has 0 N–H and O–H groups in total. The van der Waals surface area contributed by atoms with Crippen LogP contribution in [0.5, 0.6) is 5.75 Å². The Morgan fingerprint density at radius 2 is 1.74 bits per heavy atom. The van der Waals surface area contributed by atoms with E-state index in [1.54, 1.807) is 0 Å². The lowest BCUT2D eigenvalue weighted by Crippen LogP contribution is -2.14. The minimum atomic E-state index is -0.399. The highest BCUT2D eigenvalue weighted by Crippen LogP contribution is 2.14. The molecule has 2 aromatic carbocycles. The summed E-state index contributed by atoms with van der Waals surface area (Å²) in [5, 5.41) is 9.13. The Kier molecular flexibility index (Phi) is 4.58. The van der Waals surface area contributed by atoms with Crippen molar-refractivity contribution in [3.05, 3.63) is 65.7 Å². The van der Waals surface area contributed by atoms with E-state index in [0.29, 0.717) is 6.42 Å². The summed E-state index contributed by atoms with van der Waals surface area (Å²) < 4.78 is 5.65. The van der Waals surface area contributed by atoms with Gasteiger partial charge >= 0.3 is 0 Å². The third-order valence-corrected chi connectivity index (χ3v) is 2.98. The number of rotatable bonds is 5. The van der Waals surface area contributed by atoms with E-state index in [-0.39, 0.29) is 0 Å². The number of benzene rings is 2. The van der Waals surface area contributed by atoms with Crippen LogP contribution < -0.4 is 4.74 Å². The van der Waals surface area contributed by atoms with Gasteiger partial charge in [0.1, 0.15) is 11.8 Å². The average molecular weight is 251 g/mol. The Labute approximate surface area is 114 Å². The van der Waals surface area contributed by atoms with Gasteiger partial charge in [-0.25, -0.2) is 0 Å². The molecule has 0 amide bonds. The van der Waals surface area contributed by atoms with Crippen LogP contribution in [-0.4, -0.2) is 6.10 Å². The topological polar surface area (TPSA) is 33.0 Å². The van der Waals surface area contributed by atoms with E-state index in [2.05, 4.69) is 37.3 Å². The van der Waals surface area contributed by atoms with Crippen LogP contribution in [0.25, 0.3) is 0 Å². The summed E-state index contributed by atoms with van der Waals surface area (Å²) in [6, 6.07) is 20.1. The summed E-state index contributed by atoms with van der Waals surface area (Å²) in [5.74, 6) is 0.748. The lowest BCUT2D eigenvalue weighted by Gasteiger charge is -2.12. The summed E-state index contributed by atoms with van der Waals surface area (Å²) in [5.41, 5.74) is 2.49. The van der Waals surface area contributed by atoms with E-state index in [1.165, 1.54) is 11.1 Å². The summed E-state index contributed by atoms with van der Waals surface area (Å²) >= 11 is 0. The van der Waals surface area contributed by atoms with Crippen LogP contribution in [0.1, 0.15) is 17.5 Å². The SMILES string of the molecule is Cc1ccc(CCC(C#N)Oc2ccccc2)cc1. The fourth-order valence-electron chi connectivity index (χ4n) is 1.87. The Bertz CT molecular complexity index is 540. The van der Waals surface area contributed by atoms with Crippen molar-refractivity contribution in [3.8, 4) is 11.8 Å². The van der Waals surface area contributed by atoms with E-state index in [9.17, 15) is 0 Å². The van der Waals surface area contributed by atoms with Crippen LogP contribution in [-0.2, 0) is 6.42 Å². The van der Waals surface area contributed by atoms with E-state index < -0.39 is 6.10 Å². The molecule has 0 saturated carbocycles. The van der Waals surface area contributed by atoms with Gasteiger partial charge in [0.25, 0.3) is 0 Å². The third-order valence-electron chi connectivity index (χ3n) is 2.98. The zero-order valence-electron chi connectivity index (χ0n) is 11.0. The molecule has 2 aromatic rings. The van der Waals surface area contributed by atoms with E-state index >= 15 is 0 Å². The molecule has 0 radical (unpaired) electrons. The monoisotopic (exact) mass is 251 g/mol. The fourth-order valence-corrected chi connectivity index (χ4v) is 1.87. The van der Waals surface area contributed by atoms with E-state index in [0.717, 1.165) is 12.2 Å². The Hall–Kier alpha value is -2.27. The third kappa shape index (κ3) is 4.15. The molecule has 0 bridgehead atoms. The first-order valence-corrected chi connectivity index (χ1v) is 6.45. The van der Waals surface area contributed by atoms with Crippen molar-refractivity contribution in [2.45, 2.75) is 25.9 Å². The average Bonchev–Trinajstić information content (AvgIpc) is 2.46. The highest BCUT2D eigenvalue weighted by molar-refractivity contribution is 5.23. The standard InChI is InChI=1S/C17H17NO/c1-14-7-9-15(10-8-14)11-12-17(13-18)19-16-5-3-2-4-6-16/h2-10,17H,11-12H2,1H3. The number of nitrogens with zero attached hydrogens (tertiary/aromatic N) is 1. The first kappa shape index (κ1) is 13.2. The molecule has 0 aliphatic heterocycles. The van der Waals surface area contributed by atoms with Crippen LogP contribution in [0.2, 0.25) is 0 Å². The van der Waals surface area contributed by atoms with Gasteiger partial charge in [-0.1, -0.05) is 48.0 Å². The highest BCUT2D eigenvalue weighted by atomic mass is 16.5. The van der Waals surface area contributed by atoms with Crippen LogP contribution >= 0.6 is 0 Å². The van der Waals surface area contributed by atoms with E-state index in [1.807, 2.05) is 30.3 Å². The van der Waals surface area contributed by atoms with Gasteiger partial charge in [-0.05, 0) is 31.0 Å². The Morgan fingerprint density at radius 1 is 1.05 bits per heavy atom. The molecule has 1 atom stereocenters. The van der Waals surface area contributed by atoms with E-state index in [4.69, 9.17) is 10.00 Å². The van der Waals surface area contributed by atoms with Gasteiger partial charge in [0.15, 0.2) is 6.10 Å². The van der Waals surface area contributed by atoms with Crippen LogP contribution in [0.4, 0.5) is 0 Å². The van der Waals surface area contributed by atoms with Gasteiger partial charge in [0, 0.05) is 6.42 Å². The molecule has 0 aromatic heterocycles. The second-order valence-corrected chi connectivity index (χ2v) is 4.57. The van der Waals surface area contributed by atoms with Gasteiger partial charge in [-0.3, -0.25) is 0 Å². The van der Waals surface area contributed by atoms with Crippen molar-refractivity contribution in [3.63, 3.8) is 0 Å². The maximum atomic E-state index is 9.13. The number of nitriles is 1. The Balaban J connectivity index is 1.90. The second kappa shape index (κ2) is 6.61. The molecule has 0 aliphatic carbocycles. The largest absolute Gasteiger partial charge is 0.476 e. The second-order valence-electron chi connectivity index (χ2n) is 4.57. The predicted molar refractivity (Wildman–Crippen MR) is 76.0 cm³/mol. The van der Waals surface area contributed by atoms with Crippen LogP contribution in [0.15, 0.2) is 54.6 Å². The van der Waals surface area contributed by atoms with Gasteiger partial charge in [0.2, 0.25) is 0 Å². The predicted octanol–water partition coefficient (Wildman–Crippen LogP) is 3.90. The van der Waals surface area contributed by atoms with Crippen molar-refractivity contribution >= 4 is 0 Å². The molecule has 2 rings (SSSR count). The van der Waals surface area contributed by atoms with Gasteiger partial charge in [-0.15, -0.1) is 0 Å². The molecular formula is C17H17NO. The minimum absolute atomic E-state index is 0.399. The van der Waals surface area contributed by atoms with Crippen LogP contribution in [0.3, 0.4) is 0 Å². The normalized spacial score (nSPS) is 11.6. The summed E-state index contributed by atoms with van der Waals surface area (Å²) in [4.78, 5) is 0. The molecule has 0 aliphatic rings. The van der Waals surface area contributed by atoms with Crippen molar-refractivity contribution in [2.24, 2.45) is 0 Å². The van der Waals surface area contributed by atoms with Crippen molar-refractivity contribution in [2.75, 3.05) is 0 Å². The lowest BCUT2D eigenvalue weighted by molar-refractivity contribution is 0.245. The molecule has 2 heteroatoms. The maximum Gasteiger partial charge on any atom is 0.184 e. The van der Waals surface area contributed by atoms with Crippen molar-refractivity contribution in [1.82, 2.24) is 0 Å².